The minimum absolute atomic E-state index is 0.753. The Morgan fingerprint density at radius 1 is 0.900 bits per heavy atom. The lowest BCUT2D eigenvalue weighted by Crippen LogP contribution is -1.97. The van der Waals surface area contributed by atoms with Gasteiger partial charge in [-0.15, -0.1) is 0 Å². The summed E-state index contributed by atoms with van der Waals surface area (Å²) in [5.74, 6) is 0.753. The van der Waals surface area contributed by atoms with Crippen molar-refractivity contribution >= 4 is 27.4 Å². The van der Waals surface area contributed by atoms with E-state index in [0.29, 0.717) is 0 Å². The Kier molecular flexibility index (Phi) is 3.74. The predicted molar refractivity (Wildman–Crippen MR) is 84.9 cm³/mol. The zero-order valence-electron chi connectivity index (χ0n) is 10.6. The minimum Gasteiger partial charge on any atom is -0.339 e. The van der Waals surface area contributed by atoms with Crippen molar-refractivity contribution < 1.29 is 0 Å². The molecule has 1 aromatic heterocycles. The van der Waals surface area contributed by atoms with Crippen LogP contribution in [0.1, 0.15) is 0 Å². The molecule has 0 aliphatic rings. The topological polar surface area (TPSA) is 37.8 Å². The van der Waals surface area contributed by atoms with Crippen LogP contribution >= 0.6 is 15.9 Å². The van der Waals surface area contributed by atoms with Crippen molar-refractivity contribution in [2.24, 2.45) is 0 Å². The second kappa shape index (κ2) is 5.84. The second-order valence-electron chi connectivity index (χ2n) is 4.26. The van der Waals surface area contributed by atoms with Crippen molar-refractivity contribution in [3.05, 3.63) is 71.6 Å². The molecule has 0 saturated heterocycles. The third-order valence-electron chi connectivity index (χ3n) is 2.93. The molecule has 3 aromatic rings. The molecule has 0 radical (unpaired) electrons. The first-order valence-electron chi connectivity index (χ1n) is 6.21. The lowest BCUT2D eigenvalue weighted by atomic mass is 10.0. The van der Waals surface area contributed by atoms with Gasteiger partial charge in [-0.05, 0) is 27.6 Å². The largest absolute Gasteiger partial charge is 0.339 e. The van der Waals surface area contributed by atoms with Gasteiger partial charge in [0.15, 0.2) is 0 Å². The number of aromatic nitrogens is 2. The summed E-state index contributed by atoms with van der Waals surface area (Å²) in [5, 5.41) is 3.34. The lowest BCUT2D eigenvalue weighted by Gasteiger charge is -2.12. The van der Waals surface area contributed by atoms with E-state index < -0.39 is 0 Å². The van der Waals surface area contributed by atoms with Crippen molar-refractivity contribution in [3.8, 4) is 11.1 Å². The Labute approximate surface area is 125 Å². The van der Waals surface area contributed by atoms with Gasteiger partial charge < -0.3 is 5.32 Å². The van der Waals surface area contributed by atoms with E-state index in [9.17, 15) is 0 Å². The Hall–Kier alpha value is -2.20. The molecule has 0 saturated carbocycles. The van der Waals surface area contributed by atoms with Crippen molar-refractivity contribution in [2.45, 2.75) is 0 Å². The van der Waals surface area contributed by atoms with Crippen LogP contribution in [0.4, 0.5) is 11.5 Å². The van der Waals surface area contributed by atoms with E-state index in [2.05, 4.69) is 49.4 Å². The van der Waals surface area contributed by atoms with Gasteiger partial charge in [-0.1, -0.05) is 48.5 Å². The zero-order valence-corrected chi connectivity index (χ0v) is 12.2. The number of halogens is 1. The summed E-state index contributed by atoms with van der Waals surface area (Å²) in [6.45, 7) is 0. The van der Waals surface area contributed by atoms with Gasteiger partial charge in [0, 0.05) is 17.4 Å². The predicted octanol–water partition coefficient (Wildman–Crippen LogP) is 4.65. The van der Waals surface area contributed by atoms with Gasteiger partial charge in [0.2, 0.25) is 0 Å². The van der Waals surface area contributed by atoms with Crippen molar-refractivity contribution in [1.29, 1.82) is 0 Å². The third-order valence-corrected chi connectivity index (χ3v) is 3.51. The fourth-order valence-electron chi connectivity index (χ4n) is 1.99. The van der Waals surface area contributed by atoms with E-state index in [4.69, 9.17) is 0 Å². The van der Waals surface area contributed by atoms with Gasteiger partial charge in [0.25, 0.3) is 0 Å². The van der Waals surface area contributed by atoms with Crippen LogP contribution in [-0.2, 0) is 0 Å². The number of para-hydroxylation sites is 1. The molecule has 0 aliphatic heterocycles. The molecule has 0 fully saturated rings. The van der Waals surface area contributed by atoms with Crippen LogP contribution in [0.25, 0.3) is 11.1 Å². The molecule has 1 heterocycles. The maximum Gasteiger partial charge on any atom is 0.148 e. The number of anilines is 2. The lowest BCUT2D eigenvalue weighted by molar-refractivity contribution is 1.15. The molecule has 0 spiro atoms. The van der Waals surface area contributed by atoms with Crippen LogP contribution in [0, 0.1) is 0 Å². The van der Waals surface area contributed by atoms with Crippen molar-refractivity contribution in [1.82, 2.24) is 9.97 Å². The van der Waals surface area contributed by atoms with E-state index in [1.165, 1.54) is 11.9 Å². The third kappa shape index (κ3) is 2.70. The SMILES string of the molecule is Brc1cncnc1Nc1ccccc1-c1ccccc1. The average Bonchev–Trinajstić information content (AvgIpc) is 2.51. The Morgan fingerprint density at radius 3 is 2.45 bits per heavy atom. The number of hydrogen-bond acceptors (Lipinski definition) is 3. The molecule has 0 atom stereocenters. The number of benzene rings is 2. The van der Waals surface area contributed by atoms with Gasteiger partial charge >= 0.3 is 0 Å². The molecule has 4 heteroatoms. The standard InChI is InChI=1S/C16H12BrN3/c17-14-10-18-11-19-16(14)20-15-9-5-4-8-13(15)12-6-2-1-3-7-12/h1-11H,(H,18,19,20). The quantitative estimate of drug-likeness (QED) is 0.761. The summed E-state index contributed by atoms with van der Waals surface area (Å²) in [7, 11) is 0. The number of rotatable bonds is 3. The van der Waals surface area contributed by atoms with Crippen LogP contribution in [-0.4, -0.2) is 9.97 Å². The van der Waals surface area contributed by atoms with Gasteiger partial charge in [-0.2, -0.15) is 0 Å². The smallest absolute Gasteiger partial charge is 0.148 e. The molecule has 0 aliphatic carbocycles. The number of hydrogen-bond donors (Lipinski definition) is 1. The highest BCUT2D eigenvalue weighted by molar-refractivity contribution is 9.10. The van der Waals surface area contributed by atoms with Crippen LogP contribution in [0.3, 0.4) is 0 Å². The molecule has 2 aromatic carbocycles. The Morgan fingerprint density at radius 2 is 1.65 bits per heavy atom. The van der Waals surface area contributed by atoms with Crippen LogP contribution in [0.15, 0.2) is 71.6 Å². The van der Waals surface area contributed by atoms with Gasteiger partial charge in [0.05, 0.1) is 4.47 Å². The zero-order chi connectivity index (χ0) is 13.8. The highest BCUT2D eigenvalue weighted by Crippen LogP contribution is 2.31. The molecular formula is C16H12BrN3. The van der Waals surface area contributed by atoms with Crippen LogP contribution in [0.5, 0.6) is 0 Å². The molecule has 98 valence electrons. The molecule has 0 bridgehead atoms. The first kappa shape index (κ1) is 12.8. The van der Waals surface area contributed by atoms with Gasteiger partial charge in [-0.25, -0.2) is 9.97 Å². The highest BCUT2D eigenvalue weighted by atomic mass is 79.9. The minimum atomic E-state index is 0.753. The van der Waals surface area contributed by atoms with Gasteiger partial charge in [-0.3, -0.25) is 0 Å². The number of nitrogens with one attached hydrogen (secondary N) is 1. The molecule has 0 unspecified atom stereocenters. The molecule has 3 nitrogen and oxygen atoms in total. The highest BCUT2D eigenvalue weighted by Gasteiger charge is 2.07. The first-order chi connectivity index (χ1) is 9.84. The molecule has 1 N–H and O–H groups in total. The fourth-order valence-corrected chi connectivity index (χ4v) is 2.31. The van der Waals surface area contributed by atoms with E-state index in [1.54, 1.807) is 6.20 Å². The van der Waals surface area contributed by atoms with E-state index in [1.807, 2.05) is 36.4 Å². The van der Waals surface area contributed by atoms with Crippen molar-refractivity contribution in [2.75, 3.05) is 5.32 Å². The van der Waals surface area contributed by atoms with E-state index >= 15 is 0 Å². The summed E-state index contributed by atoms with van der Waals surface area (Å²) < 4.78 is 0.836. The summed E-state index contributed by atoms with van der Waals surface area (Å²) in [5.41, 5.74) is 3.32. The fraction of sp³-hybridized carbons (Fsp3) is 0. The summed E-state index contributed by atoms with van der Waals surface area (Å²) in [4.78, 5) is 8.21. The molecule has 3 rings (SSSR count). The maximum atomic E-state index is 4.24. The molecule has 20 heavy (non-hydrogen) atoms. The van der Waals surface area contributed by atoms with Crippen LogP contribution < -0.4 is 5.32 Å². The van der Waals surface area contributed by atoms with E-state index in [-0.39, 0.29) is 0 Å². The average molecular weight is 326 g/mol. The monoisotopic (exact) mass is 325 g/mol. The molecule has 0 amide bonds. The van der Waals surface area contributed by atoms with Gasteiger partial charge in [0.1, 0.15) is 12.1 Å². The Bertz CT molecular complexity index is 714. The summed E-state index contributed by atoms with van der Waals surface area (Å²) in [6.07, 6.45) is 3.25. The van der Waals surface area contributed by atoms with Crippen LogP contribution in [0.2, 0.25) is 0 Å². The normalized spacial score (nSPS) is 10.2. The van der Waals surface area contributed by atoms with E-state index in [0.717, 1.165) is 21.5 Å². The first-order valence-corrected chi connectivity index (χ1v) is 7.01. The summed E-state index contributed by atoms with van der Waals surface area (Å²) in [6, 6.07) is 18.4. The molecular weight excluding hydrogens is 314 g/mol. The summed E-state index contributed by atoms with van der Waals surface area (Å²) >= 11 is 3.45. The Balaban J connectivity index is 2.01. The maximum absolute atomic E-state index is 4.24. The second-order valence-corrected chi connectivity index (χ2v) is 5.11. The van der Waals surface area contributed by atoms with Crippen molar-refractivity contribution in [3.63, 3.8) is 0 Å². The number of nitrogens with zero attached hydrogens (tertiary/aromatic N) is 2.